The van der Waals surface area contributed by atoms with Crippen molar-refractivity contribution < 1.29 is 12.8 Å². The molecule has 0 aliphatic rings. The van der Waals surface area contributed by atoms with E-state index in [0.717, 1.165) is 11.1 Å². The van der Waals surface area contributed by atoms with E-state index >= 15 is 0 Å². The van der Waals surface area contributed by atoms with Crippen molar-refractivity contribution in [3.63, 3.8) is 0 Å². The summed E-state index contributed by atoms with van der Waals surface area (Å²) in [5.74, 6) is 0.242. The van der Waals surface area contributed by atoms with Gasteiger partial charge in [0.2, 0.25) is 10.0 Å². The van der Waals surface area contributed by atoms with Gasteiger partial charge in [0.15, 0.2) is 0 Å². The van der Waals surface area contributed by atoms with Crippen LogP contribution in [0, 0.1) is 0 Å². The molecule has 0 bridgehead atoms. The van der Waals surface area contributed by atoms with Gasteiger partial charge >= 0.3 is 0 Å². The normalized spacial score (nSPS) is 11.6. The van der Waals surface area contributed by atoms with Gasteiger partial charge in [-0.25, -0.2) is 13.1 Å². The summed E-state index contributed by atoms with van der Waals surface area (Å²) >= 11 is 5.45. The SMILES string of the molecule is O=S(=O)(NCCCl)c1ccc(-c2ccoc2)cc1. The monoisotopic (exact) mass is 285 g/mol. The number of halogens is 1. The average Bonchev–Trinajstić information content (AvgIpc) is 2.90. The molecule has 0 radical (unpaired) electrons. The van der Waals surface area contributed by atoms with E-state index in [1.54, 1.807) is 36.8 Å². The van der Waals surface area contributed by atoms with Crippen LogP contribution in [0.2, 0.25) is 0 Å². The number of benzene rings is 1. The molecule has 4 nitrogen and oxygen atoms in total. The lowest BCUT2D eigenvalue weighted by Crippen LogP contribution is -2.25. The second kappa shape index (κ2) is 5.56. The molecule has 0 spiro atoms. The van der Waals surface area contributed by atoms with Gasteiger partial charge in [0.1, 0.15) is 0 Å². The summed E-state index contributed by atoms with van der Waals surface area (Å²) in [5, 5.41) is 0. The highest BCUT2D eigenvalue weighted by Gasteiger charge is 2.12. The maximum Gasteiger partial charge on any atom is 0.240 e. The van der Waals surface area contributed by atoms with Crippen molar-refractivity contribution in [2.24, 2.45) is 0 Å². The molecule has 0 fully saturated rings. The van der Waals surface area contributed by atoms with E-state index < -0.39 is 10.0 Å². The first-order valence-electron chi connectivity index (χ1n) is 5.32. The predicted octanol–water partition coefficient (Wildman–Crippen LogP) is 2.46. The van der Waals surface area contributed by atoms with Gasteiger partial charge < -0.3 is 4.42 Å². The maximum absolute atomic E-state index is 11.8. The van der Waals surface area contributed by atoms with Crippen LogP contribution in [0.5, 0.6) is 0 Å². The predicted molar refractivity (Wildman–Crippen MR) is 70.1 cm³/mol. The molecule has 0 atom stereocenters. The van der Waals surface area contributed by atoms with Crippen LogP contribution in [-0.4, -0.2) is 20.8 Å². The van der Waals surface area contributed by atoms with E-state index in [0.29, 0.717) is 0 Å². The molecule has 0 saturated heterocycles. The molecular weight excluding hydrogens is 274 g/mol. The highest BCUT2D eigenvalue weighted by Crippen LogP contribution is 2.21. The van der Waals surface area contributed by atoms with Gasteiger partial charge in [0.05, 0.1) is 17.4 Å². The highest BCUT2D eigenvalue weighted by molar-refractivity contribution is 7.89. The number of alkyl halides is 1. The summed E-state index contributed by atoms with van der Waals surface area (Å²) < 4.78 is 31.0. The topological polar surface area (TPSA) is 59.3 Å². The quantitative estimate of drug-likeness (QED) is 0.859. The number of rotatable bonds is 5. The molecule has 2 rings (SSSR count). The third-order valence-electron chi connectivity index (χ3n) is 2.41. The van der Waals surface area contributed by atoms with Crippen LogP contribution in [-0.2, 0) is 10.0 Å². The Morgan fingerprint density at radius 2 is 1.83 bits per heavy atom. The van der Waals surface area contributed by atoms with Crippen LogP contribution < -0.4 is 4.72 Å². The average molecular weight is 286 g/mol. The first-order valence-corrected chi connectivity index (χ1v) is 7.33. The molecule has 2 aromatic rings. The molecule has 96 valence electrons. The summed E-state index contributed by atoms with van der Waals surface area (Å²) in [6.07, 6.45) is 3.18. The standard InChI is InChI=1S/C12H12ClNO3S/c13-6-7-14-18(15,16)12-3-1-10(2-4-12)11-5-8-17-9-11/h1-5,8-9,14H,6-7H2. The van der Waals surface area contributed by atoms with E-state index in [9.17, 15) is 8.42 Å². The lowest BCUT2D eigenvalue weighted by atomic mass is 10.1. The van der Waals surface area contributed by atoms with Crippen molar-refractivity contribution in [1.29, 1.82) is 0 Å². The minimum atomic E-state index is -3.47. The second-order valence-corrected chi connectivity index (χ2v) is 5.77. The summed E-state index contributed by atoms with van der Waals surface area (Å²) in [7, 11) is -3.47. The Balaban J connectivity index is 2.22. The fourth-order valence-electron chi connectivity index (χ4n) is 1.51. The first-order chi connectivity index (χ1) is 8.63. The second-order valence-electron chi connectivity index (χ2n) is 3.62. The van der Waals surface area contributed by atoms with Crippen LogP contribution in [0.3, 0.4) is 0 Å². The van der Waals surface area contributed by atoms with Gasteiger partial charge in [-0.15, -0.1) is 11.6 Å². The Hall–Kier alpha value is -1.30. The fourth-order valence-corrected chi connectivity index (χ4v) is 2.75. The molecular formula is C12H12ClNO3S. The largest absolute Gasteiger partial charge is 0.472 e. The van der Waals surface area contributed by atoms with Gasteiger partial charge in [0.25, 0.3) is 0 Å². The number of hydrogen-bond donors (Lipinski definition) is 1. The van der Waals surface area contributed by atoms with Crippen LogP contribution in [0.15, 0.2) is 52.2 Å². The van der Waals surface area contributed by atoms with E-state index in [1.807, 2.05) is 6.07 Å². The molecule has 1 aromatic carbocycles. The summed E-state index contributed by atoms with van der Waals surface area (Å²) in [5.41, 5.74) is 1.81. The summed E-state index contributed by atoms with van der Waals surface area (Å²) in [6.45, 7) is 0.216. The van der Waals surface area contributed by atoms with Crippen LogP contribution in [0.25, 0.3) is 11.1 Å². The molecule has 0 aliphatic carbocycles. The highest BCUT2D eigenvalue weighted by atomic mass is 35.5. The molecule has 0 aliphatic heterocycles. The van der Waals surface area contributed by atoms with E-state index in [-0.39, 0.29) is 17.3 Å². The van der Waals surface area contributed by atoms with Gasteiger partial charge in [0, 0.05) is 18.0 Å². The van der Waals surface area contributed by atoms with Gasteiger partial charge in [-0.2, -0.15) is 0 Å². The van der Waals surface area contributed by atoms with Gasteiger partial charge in [-0.1, -0.05) is 12.1 Å². The van der Waals surface area contributed by atoms with Gasteiger partial charge in [-0.05, 0) is 23.8 Å². The minimum absolute atomic E-state index is 0.216. The molecule has 1 N–H and O–H groups in total. The third-order valence-corrected chi connectivity index (χ3v) is 4.07. The maximum atomic E-state index is 11.8. The van der Waals surface area contributed by atoms with Crippen molar-refractivity contribution in [3.05, 3.63) is 42.9 Å². The minimum Gasteiger partial charge on any atom is -0.472 e. The Morgan fingerprint density at radius 1 is 1.11 bits per heavy atom. The number of hydrogen-bond acceptors (Lipinski definition) is 3. The number of nitrogens with one attached hydrogen (secondary N) is 1. The number of sulfonamides is 1. The fraction of sp³-hybridized carbons (Fsp3) is 0.167. The van der Waals surface area contributed by atoms with Crippen molar-refractivity contribution in [1.82, 2.24) is 4.72 Å². The van der Waals surface area contributed by atoms with Crippen molar-refractivity contribution in [3.8, 4) is 11.1 Å². The molecule has 0 amide bonds. The Labute approximate surface area is 111 Å². The van der Waals surface area contributed by atoms with Crippen molar-refractivity contribution in [2.45, 2.75) is 4.90 Å². The molecule has 1 heterocycles. The van der Waals surface area contributed by atoms with E-state index in [4.69, 9.17) is 16.0 Å². The number of furan rings is 1. The molecule has 0 unspecified atom stereocenters. The van der Waals surface area contributed by atoms with Crippen molar-refractivity contribution in [2.75, 3.05) is 12.4 Å². The summed E-state index contributed by atoms with van der Waals surface area (Å²) in [4.78, 5) is 0.222. The zero-order valence-corrected chi connectivity index (χ0v) is 11.0. The van der Waals surface area contributed by atoms with Crippen molar-refractivity contribution >= 4 is 21.6 Å². The third kappa shape index (κ3) is 2.93. The van der Waals surface area contributed by atoms with Crippen LogP contribution in [0.1, 0.15) is 0 Å². The Morgan fingerprint density at radius 3 is 2.39 bits per heavy atom. The lowest BCUT2D eigenvalue weighted by molar-refractivity contribution is 0.568. The summed E-state index contributed by atoms with van der Waals surface area (Å²) in [6, 6.07) is 8.40. The Kier molecular flexibility index (Phi) is 4.06. The Bertz CT molecular complexity index is 591. The first kappa shape index (κ1) is 13.1. The smallest absolute Gasteiger partial charge is 0.240 e. The molecule has 0 saturated carbocycles. The zero-order valence-electron chi connectivity index (χ0n) is 9.47. The lowest BCUT2D eigenvalue weighted by Gasteiger charge is -2.05. The molecule has 6 heteroatoms. The zero-order chi connectivity index (χ0) is 13.0. The van der Waals surface area contributed by atoms with E-state index in [1.165, 1.54) is 0 Å². The van der Waals surface area contributed by atoms with E-state index in [2.05, 4.69) is 4.72 Å². The van der Waals surface area contributed by atoms with Crippen LogP contribution >= 0.6 is 11.6 Å². The molecule has 1 aromatic heterocycles. The molecule has 18 heavy (non-hydrogen) atoms. The van der Waals surface area contributed by atoms with Gasteiger partial charge in [-0.3, -0.25) is 0 Å². The van der Waals surface area contributed by atoms with Crippen LogP contribution in [0.4, 0.5) is 0 Å².